The van der Waals surface area contributed by atoms with Gasteiger partial charge in [-0.1, -0.05) is 0 Å². The van der Waals surface area contributed by atoms with Gasteiger partial charge in [-0.05, 0) is 0 Å². The molecule has 4 N–H and O–H groups in total. The summed E-state index contributed by atoms with van der Waals surface area (Å²) in [5.41, 5.74) is 5.42. The number of carbonyl (C=O) groups is 1. The van der Waals surface area contributed by atoms with Crippen LogP contribution in [-0.2, 0) is 23.9 Å². The Morgan fingerprint density at radius 1 is 1.41 bits per heavy atom. The SMILES string of the molecule is COO[P+](O)(N=C(N)N(C)CC(=O)O)OOC. The van der Waals surface area contributed by atoms with Gasteiger partial charge < -0.3 is 15.7 Å². The number of hydrogen-bond donors (Lipinski definition) is 3. The molecule has 0 fully saturated rings. The Morgan fingerprint density at radius 2 is 1.88 bits per heavy atom. The average Bonchev–Trinajstić information content (AvgIpc) is 2.16. The van der Waals surface area contributed by atoms with E-state index in [1.54, 1.807) is 0 Å². The topological polar surface area (TPSA) is 136 Å². The van der Waals surface area contributed by atoms with Gasteiger partial charge in [0.25, 0.3) is 0 Å². The van der Waals surface area contributed by atoms with Gasteiger partial charge in [0, 0.05) is 21.2 Å². The van der Waals surface area contributed by atoms with E-state index in [-0.39, 0.29) is 5.96 Å². The molecule has 0 rings (SSSR count). The lowest BCUT2D eigenvalue weighted by molar-refractivity contribution is -0.252. The number of likely N-dealkylation sites (N-methyl/N-ethyl adjacent to an activating group) is 1. The summed E-state index contributed by atoms with van der Waals surface area (Å²) < 4.78 is 12.2. The molecular weight excluding hydrogens is 257 g/mol. The molecule has 0 unspecified atom stereocenters. The molecule has 0 atom stereocenters. The van der Waals surface area contributed by atoms with E-state index in [4.69, 9.17) is 10.8 Å². The Morgan fingerprint density at radius 3 is 2.24 bits per heavy atom. The molecular formula is C6H15N3O7P+. The molecule has 0 spiro atoms. The van der Waals surface area contributed by atoms with E-state index in [1.807, 2.05) is 0 Å². The van der Waals surface area contributed by atoms with Crippen LogP contribution in [0.4, 0.5) is 0 Å². The van der Waals surface area contributed by atoms with E-state index in [0.717, 1.165) is 19.1 Å². The fourth-order valence-corrected chi connectivity index (χ4v) is 1.62. The van der Waals surface area contributed by atoms with Crippen molar-refractivity contribution in [3.05, 3.63) is 0 Å². The lowest BCUT2D eigenvalue weighted by Crippen LogP contribution is -2.37. The van der Waals surface area contributed by atoms with Gasteiger partial charge in [-0.2, -0.15) is 14.7 Å². The van der Waals surface area contributed by atoms with Crippen molar-refractivity contribution in [2.45, 2.75) is 0 Å². The number of guanidine groups is 1. The van der Waals surface area contributed by atoms with Gasteiger partial charge >= 0.3 is 14.1 Å². The van der Waals surface area contributed by atoms with Crippen LogP contribution < -0.4 is 5.73 Å². The van der Waals surface area contributed by atoms with Crippen LogP contribution in [0.5, 0.6) is 0 Å². The summed E-state index contributed by atoms with van der Waals surface area (Å²) in [4.78, 5) is 29.6. The molecule has 0 bridgehead atoms. The minimum Gasteiger partial charge on any atom is -0.480 e. The Bertz CT molecular complexity index is 281. The van der Waals surface area contributed by atoms with Crippen molar-refractivity contribution in [3.8, 4) is 0 Å². The monoisotopic (exact) mass is 272 g/mol. The molecule has 0 heterocycles. The summed E-state index contributed by atoms with van der Waals surface area (Å²) in [6.07, 6.45) is 0. The molecule has 0 saturated heterocycles. The molecule has 0 aromatic carbocycles. The number of aliphatic carboxylic acids is 1. The van der Waals surface area contributed by atoms with E-state index < -0.39 is 20.6 Å². The molecule has 0 saturated carbocycles. The summed E-state index contributed by atoms with van der Waals surface area (Å²) in [7, 11) is -0.237. The number of carboxylic acids is 1. The molecule has 0 amide bonds. The standard InChI is InChI=1S/C6H14N3O7P/c1-9(4-5(10)11)6(7)8-17(12,15-13-2)16-14-3/h12H,4H2,1-3H3,(H2-,7,8,10,11)/p+1. The van der Waals surface area contributed by atoms with Gasteiger partial charge in [0.1, 0.15) is 6.54 Å². The van der Waals surface area contributed by atoms with Crippen molar-refractivity contribution in [2.75, 3.05) is 27.8 Å². The highest BCUT2D eigenvalue weighted by atomic mass is 31.2. The van der Waals surface area contributed by atoms with Crippen LogP contribution in [0.1, 0.15) is 0 Å². The second kappa shape index (κ2) is 7.33. The summed E-state index contributed by atoms with van der Waals surface area (Å²) >= 11 is 0. The molecule has 0 aliphatic carbocycles. The quantitative estimate of drug-likeness (QED) is 0.178. The highest BCUT2D eigenvalue weighted by Crippen LogP contribution is 2.58. The number of nitrogens with two attached hydrogens (primary N) is 1. The molecule has 10 nitrogen and oxygen atoms in total. The van der Waals surface area contributed by atoms with E-state index in [1.165, 1.54) is 7.05 Å². The van der Waals surface area contributed by atoms with Crippen LogP contribution in [0.25, 0.3) is 0 Å². The Labute approximate surface area is 98.0 Å². The smallest absolute Gasteiger partial charge is 0.480 e. The van der Waals surface area contributed by atoms with E-state index >= 15 is 0 Å². The van der Waals surface area contributed by atoms with Gasteiger partial charge in [0.05, 0.1) is 14.2 Å². The van der Waals surface area contributed by atoms with Gasteiger partial charge in [-0.3, -0.25) is 4.79 Å². The molecule has 0 aromatic rings. The van der Waals surface area contributed by atoms with Crippen molar-refractivity contribution in [1.29, 1.82) is 0 Å². The maximum Gasteiger partial charge on any atom is 0.615 e. The molecule has 0 aliphatic rings. The fraction of sp³-hybridized carbons (Fsp3) is 0.667. The number of nitrogens with zero attached hydrogens (tertiary/aromatic N) is 2. The maximum absolute atomic E-state index is 10.4. The van der Waals surface area contributed by atoms with Crippen molar-refractivity contribution in [2.24, 2.45) is 10.5 Å². The Hall–Kier alpha value is -1.03. The van der Waals surface area contributed by atoms with E-state index in [2.05, 4.69) is 23.9 Å². The molecule has 0 radical (unpaired) electrons. The minimum atomic E-state index is -3.84. The molecule has 17 heavy (non-hydrogen) atoms. The lowest BCUT2D eigenvalue weighted by Gasteiger charge is -2.14. The number of carboxylic acid groups (broad SMARTS) is 1. The first kappa shape index (κ1) is 16.0. The van der Waals surface area contributed by atoms with Gasteiger partial charge in [0.15, 0.2) is 0 Å². The summed E-state index contributed by atoms with van der Waals surface area (Å²) in [5, 5.41) is 8.52. The molecule has 0 aromatic heterocycles. The highest BCUT2D eigenvalue weighted by molar-refractivity contribution is 7.59. The van der Waals surface area contributed by atoms with E-state index in [0.29, 0.717) is 0 Å². The van der Waals surface area contributed by atoms with Gasteiger partial charge in [-0.25, -0.2) is 0 Å². The van der Waals surface area contributed by atoms with Crippen LogP contribution in [0.2, 0.25) is 0 Å². The predicted molar refractivity (Wildman–Crippen MR) is 57.2 cm³/mol. The van der Waals surface area contributed by atoms with Crippen LogP contribution in [0.3, 0.4) is 0 Å². The zero-order valence-corrected chi connectivity index (χ0v) is 10.5. The third-order valence-electron chi connectivity index (χ3n) is 1.34. The second-order valence-corrected chi connectivity index (χ2v) is 4.16. The number of hydrogen-bond acceptors (Lipinski definition) is 7. The lowest BCUT2D eigenvalue weighted by atomic mass is 10.6. The summed E-state index contributed by atoms with van der Waals surface area (Å²) in [5.74, 6) is -1.43. The van der Waals surface area contributed by atoms with Crippen molar-refractivity contribution < 1.29 is 33.9 Å². The molecule has 11 heteroatoms. The maximum atomic E-state index is 10.4. The van der Waals surface area contributed by atoms with Crippen molar-refractivity contribution in [1.82, 2.24) is 4.90 Å². The van der Waals surface area contributed by atoms with Crippen LogP contribution in [0, 0.1) is 0 Å². The van der Waals surface area contributed by atoms with Crippen LogP contribution in [0.15, 0.2) is 4.76 Å². The second-order valence-electron chi connectivity index (χ2n) is 2.68. The first-order valence-electron chi connectivity index (χ1n) is 4.20. The predicted octanol–water partition coefficient (Wildman–Crippen LogP) is -0.857. The summed E-state index contributed by atoms with van der Waals surface area (Å²) in [6, 6.07) is 0. The zero-order valence-electron chi connectivity index (χ0n) is 9.56. The van der Waals surface area contributed by atoms with Crippen molar-refractivity contribution >= 4 is 20.0 Å². The average molecular weight is 272 g/mol. The zero-order chi connectivity index (χ0) is 13.5. The Kier molecular flexibility index (Phi) is 6.88. The molecule has 100 valence electrons. The van der Waals surface area contributed by atoms with Crippen molar-refractivity contribution in [3.63, 3.8) is 0 Å². The number of rotatable bonds is 7. The highest BCUT2D eigenvalue weighted by Gasteiger charge is 2.47. The largest absolute Gasteiger partial charge is 0.615 e. The third-order valence-corrected chi connectivity index (χ3v) is 2.48. The fourth-order valence-electron chi connectivity index (χ4n) is 0.730. The van der Waals surface area contributed by atoms with Gasteiger partial charge in [0.2, 0.25) is 5.96 Å². The first-order valence-corrected chi connectivity index (χ1v) is 5.73. The van der Waals surface area contributed by atoms with E-state index in [9.17, 15) is 9.69 Å². The minimum absolute atomic E-state index is 0.308. The first-order chi connectivity index (χ1) is 7.84. The summed E-state index contributed by atoms with van der Waals surface area (Å²) in [6.45, 7) is -0.407. The van der Waals surface area contributed by atoms with Crippen LogP contribution >= 0.6 is 8.09 Å². The normalized spacial score (nSPS) is 12.6. The third kappa shape index (κ3) is 6.31. The molecule has 0 aliphatic heterocycles. The van der Waals surface area contributed by atoms with Crippen LogP contribution in [-0.4, -0.2) is 54.6 Å². The van der Waals surface area contributed by atoms with Gasteiger partial charge in [-0.15, -0.1) is 0 Å². The Balaban J connectivity index is 4.73.